The number of alkyl halides is 2. The summed E-state index contributed by atoms with van der Waals surface area (Å²) in [6.07, 6.45) is 8.80. The largest absolute Gasteiger partial charge is 0.469 e. The van der Waals surface area contributed by atoms with Crippen molar-refractivity contribution >= 4 is 63.8 Å². The van der Waals surface area contributed by atoms with E-state index >= 15 is 0 Å². The molecular weight excluding hydrogens is 639 g/mol. The van der Waals surface area contributed by atoms with E-state index in [0.717, 1.165) is 50.6 Å². The number of carbonyl (C=O) groups is 3. The molecule has 9 nitrogen and oxygen atoms in total. The molecule has 0 aromatic heterocycles. The summed E-state index contributed by atoms with van der Waals surface area (Å²) < 4.78 is 9.71. The third kappa shape index (κ3) is 6.78. The van der Waals surface area contributed by atoms with Crippen molar-refractivity contribution in [1.82, 2.24) is 0 Å². The number of allylic oxidation sites excluding steroid dienone is 12. The highest BCUT2D eigenvalue weighted by molar-refractivity contribution is 6.24. The molecule has 0 aromatic rings. The van der Waals surface area contributed by atoms with Gasteiger partial charge in [-0.25, -0.2) is 20.0 Å². The van der Waals surface area contributed by atoms with Crippen LogP contribution in [0.25, 0.3) is 0 Å². The topological polar surface area (TPSA) is 119 Å². The number of rotatable bonds is 10. The Labute approximate surface area is 284 Å². The van der Waals surface area contributed by atoms with Crippen LogP contribution in [0, 0.1) is 0 Å². The molecule has 5 heterocycles. The summed E-state index contributed by atoms with van der Waals surface area (Å²) in [6.45, 7) is 7.79. The van der Waals surface area contributed by atoms with E-state index in [2.05, 4.69) is 0 Å². The van der Waals surface area contributed by atoms with Gasteiger partial charge in [-0.1, -0.05) is 0 Å². The lowest BCUT2D eigenvalue weighted by molar-refractivity contribution is -0.143. The molecule has 0 atom stereocenters. The Morgan fingerprint density at radius 1 is 0.574 bits per heavy atom. The van der Waals surface area contributed by atoms with Gasteiger partial charge in [0.15, 0.2) is 5.78 Å². The second-order valence-corrected chi connectivity index (χ2v) is 12.3. The van der Waals surface area contributed by atoms with Gasteiger partial charge in [-0.2, -0.15) is 0 Å². The van der Waals surface area contributed by atoms with Gasteiger partial charge >= 0.3 is 11.9 Å². The van der Waals surface area contributed by atoms with Gasteiger partial charge in [0, 0.05) is 23.8 Å². The summed E-state index contributed by atoms with van der Waals surface area (Å²) in [5.74, 6) is -0.592. The van der Waals surface area contributed by atoms with Gasteiger partial charge < -0.3 is 9.47 Å². The van der Waals surface area contributed by atoms with Crippen molar-refractivity contribution < 1.29 is 23.9 Å². The monoisotopic (exact) mass is 674 g/mol. The standard InChI is InChI=1S/C36H36Cl2N4O5/c1-18-22(7-8-34(44)46-5)31-16-32-36(33(43)17-35(45)47-6)21(4)28(42-32)15-30-24(10-12-38)20(3)27(41-30)14-29-23(9-11-37)19(2)26(39-29)13-25(18)40-31/h13-16H,7-12,17H2,1-6H3. The number of esters is 2. The first kappa shape index (κ1) is 34.1. The molecule has 0 saturated heterocycles. The van der Waals surface area contributed by atoms with E-state index in [1.54, 1.807) is 13.0 Å². The number of halogens is 2. The Kier molecular flexibility index (Phi) is 10.4. The van der Waals surface area contributed by atoms with Crippen LogP contribution in [0.3, 0.4) is 0 Å². The number of ketones is 1. The maximum absolute atomic E-state index is 13.6. The molecule has 47 heavy (non-hydrogen) atoms. The fourth-order valence-electron chi connectivity index (χ4n) is 6.12. The molecule has 0 aliphatic carbocycles. The smallest absolute Gasteiger partial charge is 0.313 e. The minimum absolute atomic E-state index is 0.143. The van der Waals surface area contributed by atoms with Crippen molar-refractivity contribution in [3.63, 3.8) is 0 Å². The molecule has 0 amide bonds. The highest BCUT2D eigenvalue weighted by Gasteiger charge is 2.31. The molecular formula is C36H36Cl2N4O5. The van der Waals surface area contributed by atoms with Crippen LogP contribution in [0.2, 0.25) is 0 Å². The van der Waals surface area contributed by atoms with Gasteiger partial charge in [-0.05, 0) is 110 Å². The Morgan fingerprint density at radius 2 is 1.04 bits per heavy atom. The second-order valence-electron chi connectivity index (χ2n) is 11.5. The number of ether oxygens (including phenoxy) is 2. The van der Waals surface area contributed by atoms with E-state index in [1.807, 2.05) is 39.0 Å². The average molecular weight is 676 g/mol. The number of aliphatic imine (C=N–C) groups is 4. The van der Waals surface area contributed by atoms with Gasteiger partial charge in [0.25, 0.3) is 0 Å². The second kappa shape index (κ2) is 14.3. The lowest BCUT2D eigenvalue weighted by Crippen LogP contribution is -2.13. The zero-order chi connectivity index (χ0) is 34.0. The SMILES string of the molecule is COC(=O)CCC1=C(C)C2=CC3=NC(=CC4=NC(=CC5=NC(=CC1=N2)C(C(=O)CC(=O)OC)=C5C)C(CCCl)=C4C)C(CCCl)=C3C. The first-order valence-electron chi connectivity index (χ1n) is 15.3. The molecule has 0 aromatic carbocycles. The number of hydrogen-bond acceptors (Lipinski definition) is 9. The molecule has 8 bridgehead atoms. The number of nitrogens with zero attached hydrogens (tertiary/aromatic N) is 4. The minimum Gasteiger partial charge on any atom is -0.469 e. The van der Waals surface area contributed by atoms with Crippen molar-refractivity contribution in [2.75, 3.05) is 26.0 Å². The normalized spacial score (nSPS) is 18.9. The van der Waals surface area contributed by atoms with Crippen LogP contribution >= 0.6 is 23.2 Å². The van der Waals surface area contributed by atoms with Crippen molar-refractivity contribution in [2.24, 2.45) is 20.0 Å². The summed E-state index contributed by atoms with van der Waals surface area (Å²) >= 11 is 12.5. The Balaban J connectivity index is 1.78. The Bertz CT molecular complexity index is 1870. The molecule has 5 rings (SSSR count). The molecule has 5 aliphatic heterocycles. The van der Waals surface area contributed by atoms with Crippen LogP contribution in [0.15, 0.2) is 112 Å². The van der Waals surface area contributed by atoms with Crippen molar-refractivity contribution in [3.05, 3.63) is 91.7 Å². The Hall–Kier alpha value is -4.21. The van der Waals surface area contributed by atoms with Crippen LogP contribution in [0.1, 0.15) is 59.8 Å². The minimum atomic E-state index is -0.647. The molecule has 11 heteroatoms. The summed E-state index contributed by atoms with van der Waals surface area (Å²) in [5.41, 5.74) is 11.7. The molecule has 0 radical (unpaired) electrons. The summed E-state index contributed by atoms with van der Waals surface area (Å²) in [4.78, 5) is 57.9. The number of fused-ring (bicyclic) bond motifs is 4. The predicted octanol–water partition coefficient (Wildman–Crippen LogP) is 6.96. The molecule has 5 aliphatic rings. The number of carbonyl (C=O) groups excluding carboxylic acids is 3. The fourth-order valence-corrected chi connectivity index (χ4v) is 6.50. The average Bonchev–Trinajstić information content (AvgIpc) is 3.70. The van der Waals surface area contributed by atoms with Crippen LogP contribution in [-0.4, -0.2) is 66.5 Å². The first-order valence-corrected chi connectivity index (χ1v) is 16.4. The fraction of sp³-hybridized carbons (Fsp3) is 0.361. The maximum Gasteiger partial charge on any atom is 0.313 e. The molecule has 0 spiro atoms. The number of methoxy groups -OCH3 is 2. The van der Waals surface area contributed by atoms with E-state index < -0.39 is 18.2 Å². The van der Waals surface area contributed by atoms with Gasteiger partial charge in [0.1, 0.15) is 6.42 Å². The lowest BCUT2D eigenvalue weighted by Gasteiger charge is -2.07. The van der Waals surface area contributed by atoms with E-state index in [0.29, 0.717) is 70.7 Å². The third-order valence-electron chi connectivity index (χ3n) is 8.82. The van der Waals surface area contributed by atoms with Gasteiger partial charge in [0.2, 0.25) is 0 Å². The zero-order valence-corrected chi connectivity index (χ0v) is 28.9. The predicted molar refractivity (Wildman–Crippen MR) is 186 cm³/mol. The first-order chi connectivity index (χ1) is 22.5. The van der Waals surface area contributed by atoms with Crippen LogP contribution in [0.5, 0.6) is 0 Å². The van der Waals surface area contributed by atoms with Gasteiger partial charge in [0.05, 0.1) is 59.9 Å². The molecule has 0 fully saturated rings. The van der Waals surface area contributed by atoms with Crippen molar-refractivity contribution in [1.29, 1.82) is 0 Å². The van der Waals surface area contributed by atoms with Crippen LogP contribution < -0.4 is 0 Å². The van der Waals surface area contributed by atoms with Gasteiger partial charge in [-0.15, -0.1) is 23.2 Å². The Morgan fingerprint density at radius 3 is 1.57 bits per heavy atom. The van der Waals surface area contributed by atoms with Crippen molar-refractivity contribution in [3.8, 4) is 0 Å². The van der Waals surface area contributed by atoms with Gasteiger partial charge in [-0.3, -0.25) is 14.4 Å². The van der Waals surface area contributed by atoms with E-state index in [-0.39, 0.29) is 12.4 Å². The van der Waals surface area contributed by atoms with Crippen LogP contribution in [-0.2, 0) is 23.9 Å². The number of hydrogen-bond donors (Lipinski definition) is 0. The van der Waals surface area contributed by atoms with E-state index in [4.69, 9.17) is 52.6 Å². The highest BCUT2D eigenvalue weighted by Crippen LogP contribution is 2.38. The van der Waals surface area contributed by atoms with Crippen molar-refractivity contribution in [2.45, 2.75) is 59.8 Å². The quantitative estimate of drug-likeness (QED) is 0.141. The molecule has 244 valence electrons. The molecule has 0 unspecified atom stereocenters. The van der Waals surface area contributed by atoms with E-state index in [1.165, 1.54) is 14.2 Å². The summed E-state index contributed by atoms with van der Waals surface area (Å²) in [6, 6.07) is 0. The maximum atomic E-state index is 13.6. The summed E-state index contributed by atoms with van der Waals surface area (Å²) in [7, 11) is 2.60. The zero-order valence-electron chi connectivity index (χ0n) is 27.3. The third-order valence-corrected chi connectivity index (χ3v) is 9.20. The van der Waals surface area contributed by atoms with E-state index in [9.17, 15) is 14.4 Å². The highest BCUT2D eigenvalue weighted by atomic mass is 35.5. The van der Waals surface area contributed by atoms with Crippen LogP contribution in [0.4, 0.5) is 0 Å². The summed E-state index contributed by atoms with van der Waals surface area (Å²) in [5, 5.41) is 0. The number of Topliss-reactive ketones (excluding diaryl/α,β-unsaturated/α-hetero) is 1. The lowest BCUT2D eigenvalue weighted by atomic mass is 9.95. The molecule has 0 N–H and O–H groups in total. The molecule has 0 saturated carbocycles.